The molecule has 0 aromatic carbocycles. The molecule has 0 bridgehead atoms. The van der Waals surface area contributed by atoms with E-state index in [0.29, 0.717) is 12.0 Å². The Balaban J connectivity index is 1.87. The molecule has 0 radical (unpaired) electrons. The molecule has 2 rings (SSSR count). The van der Waals surface area contributed by atoms with Crippen LogP contribution >= 0.6 is 0 Å². The molecule has 1 aliphatic heterocycles. The molecule has 1 saturated heterocycles. The summed E-state index contributed by atoms with van der Waals surface area (Å²) in [5.74, 6) is 0.673. The van der Waals surface area contributed by atoms with Gasteiger partial charge >= 0.3 is 0 Å². The standard InChI is InChI=1S/C14H25N3O/c1-3-15-14(12-5-4-10-18-11-12)7-6-13-8-9-16-17(13)2/h8-9,12,14-15H,3-7,10-11H2,1-2H3. The van der Waals surface area contributed by atoms with Gasteiger partial charge in [0, 0.05) is 31.6 Å². The zero-order valence-corrected chi connectivity index (χ0v) is 11.6. The molecular formula is C14H25N3O. The molecule has 2 atom stereocenters. The first-order valence-electron chi connectivity index (χ1n) is 7.09. The Hall–Kier alpha value is -0.870. The Kier molecular flexibility index (Phi) is 5.20. The smallest absolute Gasteiger partial charge is 0.0509 e. The summed E-state index contributed by atoms with van der Waals surface area (Å²) in [4.78, 5) is 0. The zero-order chi connectivity index (χ0) is 12.8. The van der Waals surface area contributed by atoms with Crippen molar-refractivity contribution in [1.82, 2.24) is 15.1 Å². The van der Waals surface area contributed by atoms with Crippen LogP contribution in [0.25, 0.3) is 0 Å². The molecule has 1 aromatic rings. The second kappa shape index (κ2) is 6.90. The van der Waals surface area contributed by atoms with Crippen molar-refractivity contribution in [2.24, 2.45) is 13.0 Å². The first kappa shape index (κ1) is 13.6. The normalized spacial score (nSPS) is 22.0. The Morgan fingerprint density at radius 2 is 2.50 bits per heavy atom. The summed E-state index contributed by atoms with van der Waals surface area (Å²) in [5, 5.41) is 7.85. The van der Waals surface area contributed by atoms with Crippen LogP contribution in [0.2, 0.25) is 0 Å². The van der Waals surface area contributed by atoms with Gasteiger partial charge in [-0.3, -0.25) is 4.68 Å². The monoisotopic (exact) mass is 251 g/mol. The van der Waals surface area contributed by atoms with Crippen molar-refractivity contribution < 1.29 is 4.74 Å². The maximum Gasteiger partial charge on any atom is 0.0509 e. The van der Waals surface area contributed by atoms with Crippen molar-refractivity contribution in [3.8, 4) is 0 Å². The maximum absolute atomic E-state index is 5.61. The number of aryl methyl sites for hydroxylation is 2. The molecule has 0 amide bonds. The summed E-state index contributed by atoms with van der Waals surface area (Å²) in [5.41, 5.74) is 1.31. The van der Waals surface area contributed by atoms with E-state index in [0.717, 1.165) is 26.2 Å². The van der Waals surface area contributed by atoms with Crippen LogP contribution in [-0.4, -0.2) is 35.6 Å². The number of nitrogens with one attached hydrogen (secondary N) is 1. The Morgan fingerprint density at radius 3 is 3.11 bits per heavy atom. The molecule has 4 nitrogen and oxygen atoms in total. The number of rotatable bonds is 6. The van der Waals surface area contributed by atoms with Crippen LogP contribution in [0.5, 0.6) is 0 Å². The average Bonchev–Trinajstić information content (AvgIpc) is 2.81. The average molecular weight is 251 g/mol. The van der Waals surface area contributed by atoms with Gasteiger partial charge in [-0.2, -0.15) is 5.10 Å². The lowest BCUT2D eigenvalue weighted by Crippen LogP contribution is -2.40. The molecule has 0 spiro atoms. The largest absolute Gasteiger partial charge is 0.381 e. The van der Waals surface area contributed by atoms with E-state index >= 15 is 0 Å². The van der Waals surface area contributed by atoms with Crippen molar-refractivity contribution in [2.45, 2.75) is 38.6 Å². The summed E-state index contributed by atoms with van der Waals surface area (Å²) >= 11 is 0. The third-order valence-corrected chi connectivity index (χ3v) is 3.86. The van der Waals surface area contributed by atoms with E-state index in [2.05, 4.69) is 23.4 Å². The highest BCUT2D eigenvalue weighted by molar-refractivity contribution is 5.00. The number of aromatic nitrogens is 2. The minimum absolute atomic E-state index is 0.574. The highest BCUT2D eigenvalue weighted by Crippen LogP contribution is 2.20. The van der Waals surface area contributed by atoms with Gasteiger partial charge in [0.2, 0.25) is 0 Å². The Bertz CT molecular complexity index is 345. The van der Waals surface area contributed by atoms with Crippen molar-refractivity contribution in [3.05, 3.63) is 18.0 Å². The lowest BCUT2D eigenvalue weighted by atomic mass is 9.90. The quantitative estimate of drug-likeness (QED) is 0.837. The first-order chi connectivity index (χ1) is 8.81. The minimum atomic E-state index is 0.574. The van der Waals surface area contributed by atoms with Crippen molar-refractivity contribution in [2.75, 3.05) is 19.8 Å². The third-order valence-electron chi connectivity index (χ3n) is 3.86. The van der Waals surface area contributed by atoms with Crippen LogP contribution in [0.3, 0.4) is 0 Å². The lowest BCUT2D eigenvalue weighted by Gasteiger charge is -2.30. The molecule has 4 heteroatoms. The molecule has 1 N–H and O–H groups in total. The summed E-state index contributed by atoms with van der Waals surface area (Å²) in [7, 11) is 2.02. The van der Waals surface area contributed by atoms with Gasteiger partial charge in [0.1, 0.15) is 0 Å². The predicted molar refractivity (Wildman–Crippen MR) is 72.5 cm³/mol. The molecule has 102 valence electrons. The zero-order valence-electron chi connectivity index (χ0n) is 11.6. The van der Waals surface area contributed by atoms with Crippen LogP contribution in [0.15, 0.2) is 12.3 Å². The van der Waals surface area contributed by atoms with Gasteiger partial charge in [-0.1, -0.05) is 6.92 Å². The fourth-order valence-electron chi connectivity index (χ4n) is 2.80. The van der Waals surface area contributed by atoms with Gasteiger partial charge in [-0.25, -0.2) is 0 Å². The summed E-state index contributed by atoms with van der Waals surface area (Å²) < 4.78 is 7.59. The molecule has 1 aliphatic rings. The van der Waals surface area contributed by atoms with E-state index < -0.39 is 0 Å². The number of hydrogen-bond acceptors (Lipinski definition) is 3. The molecular weight excluding hydrogens is 226 g/mol. The fourth-order valence-corrected chi connectivity index (χ4v) is 2.80. The van der Waals surface area contributed by atoms with Gasteiger partial charge in [0.05, 0.1) is 6.61 Å². The predicted octanol–water partition coefficient (Wildman–Crippen LogP) is 1.76. The third kappa shape index (κ3) is 3.56. The molecule has 1 aromatic heterocycles. The van der Waals surface area contributed by atoms with Gasteiger partial charge in [0.25, 0.3) is 0 Å². The summed E-state index contributed by atoms with van der Waals surface area (Å²) in [6.07, 6.45) is 6.63. The molecule has 0 aliphatic carbocycles. The van der Waals surface area contributed by atoms with Crippen LogP contribution in [0, 0.1) is 5.92 Å². The van der Waals surface area contributed by atoms with Crippen LogP contribution in [0.4, 0.5) is 0 Å². The first-order valence-corrected chi connectivity index (χ1v) is 7.09. The van der Waals surface area contributed by atoms with E-state index in [1.54, 1.807) is 0 Å². The highest BCUT2D eigenvalue weighted by Gasteiger charge is 2.23. The van der Waals surface area contributed by atoms with Crippen LogP contribution < -0.4 is 5.32 Å². The molecule has 1 fully saturated rings. The fraction of sp³-hybridized carbons (Fsp3) is 0.786. The summed E-state index contributed by atoms with van der Waals surface area (Å²) in [6.45, 7) is 5.08. The molecule has 2 heterocycles. The number of ether oxygens (including phenoxy) is 1. The van der Waals surface area contributed by atoms with Crippen molar-refractivity contribution in [1.29, 1.82) is 0 Å². The Morgan fingerprint density at radius 1 is 1.61 bits per heavy atom. The van der Waals surface area contributed by atoms with E-state index in [4.69, 9.17) is 4.74 Å². The van der Waals surface area contributed by atoms with Crippen LogP contribution in [-0.2, 0) is 18.2 Å². The van der Waals surface area contributed by atoms with Gasteiger partial charge < -0.3 is 10.1 Å². The molecule has 18 heavy (non-hydrogen) atoms. The van der Waals surface area contributed by atoms with E-state index in [1.165, 1.54) is 25.0 Å². The van der Waals surface area contributed by atoms with Gasteiger partial charge in [-0.05, 0) is 44.2 Å². The Labute approximate surface area is 110 Å². The second-order valence-corrected chi connectivity index (χ2v) is 5.13. The molecule has 0 saturated carbocycles. The summed E-state index contributed by atoms with van der Waals surface area (Å²) in [6, 6.07) is 2.69. The number of nitrogens with zero attached hydrogens (tertiary/aromatic N) is 2. The van der Waals surface area contributed by atoms with Crippen LogP contribution in [0.1, 0.15) is 31.9 Å². The number of hydrogen-bond donors (Lipinski definition) is 1. The van der Waals surface area contributed by atoms with Crippen molar-refractivity contribution >= 4 is 0 Å². The van der Waals surface area contributed by atoms with E-state index in [9.17, 15) is 0 Å². The second-order valence-electron chi connectivity index (χ2n) is 5.13. The molecule has 2 unspecified atom stereocenters. The highest BCUT2D eigenvalue weighted by atomic mass is 16.5. The topological polar surface area (TPSA) is 39.1 Å². The van der Waals surface area contributed by atoms with Gasteiger partial charge in [-0.15, -0.1) is 0 Å². The van der Waals surface area contributed by atoms with E-state index in [-0.39, 0.29) is 0 Å². The maximum atomic E-state index is 5.61. The van der Waals surface area contributed by atoms with E-state index in [1.807, 2.05) is 17.9 Å². The lowest BCUT2D eigenvalue weighted by molar-refractivity contribution is 0.0382. The minimum Gasteiger partial charge on any atom is -0.381 e. The SMILES string of the molecule is CCNC(CCc1ccnn1C)C1CCCOC1. The van der Waals surface area contributed by atoms with Gasteiger partial charge in [0.15, 0.2) is 0 Å². The van der Waals surface area contributed by atoms with Crippen molar-refractivity contribution in [3.63, 3.8) is 0 Å².